The molecule has 0 saturated carbocycles. The second kappa shape index (κ2) is 9.91. The van der Waals surface area contributed by atoms with Gasteiger partial charge < -0.3 is 25.8 Å². The third-order valence-corrected chi connectivity index (χ3v) is 6.73. The summed E-state index contributed by atoms with van der Waals surface area (Å²) in [6.45, 7) is 0.736. The highest BCUT2D eigenvalue weighted by Crippen LogP contribution is 2.47. The fraction of sp³-hybridized carbons (Fsp3) is 0.222. The first-order valence-electron chi connectivity index (χ1n) is 11.6. The first-order valence-corrected chi connectivity index (χ1v) is 11.9. The molecule has 0 amide bonds. The molecule has 9 heteroatoms. The molecule has 1 atom stereocenters. The standard InChI is InChI=1S/C27H27ClN6O2/c1-35-22-8-7-17(13-18-15-32-27(30)33-26(18)29)23(25(22)36-2)34-12-10-16-5-3-4-6-20(16)24(34)21-14-19(28)9-11-31-21/h3-9,11,14-15,24H,10,12-13H2,1-2H3,(H4,29,30,32,33). The molecule has 36 heavy (non-hydrogen) atoms. The van der Waals surface area contributed by atoms with E-state index in [-0.39, 0.29) is 12.0 Å². The van der Waals surface area contributed by atoms with Crippen molar-refractivity contribution in [3.05, 3.63) is 93.9 Å². The second-order valence-corrected chi connectivity index (χ2v) is 9.00. The molecule has 0 saturated heterocycles. The number of ether oxygens (including phenoxy) is 2. The summed E-state index contributed by atoms with van der Waals surface area (Å²) in [6.07, 6.45) is 4.75. The number of anilines is 3. The predicted molar refractivity (Wildman–Crippen MR) is 142 cm³/mol. The predicted octanol–water partition coefficient (Wildman–Crippen LogP) is 4.45. The topological polar surface area (TPSA) is 112 Å². The van der Waals surface area contributed by atoms with E-state index in [1.165, 1.54) is 11.1 Å². The average Bonchev–Trinajstić information content (AvgIpc) is 2.89. The quantitative estimate of drug-likeness (QED) is 0.397. The van der Waals surface area contributed by atoms with Crippen molar-refractivity contribution >= 4 is 29.1 Å². The molecule has 0 bridgehead atoms. The fourth-order valence-electron chi connectivity index (χ4n) is 4.88. The molecule has 0 radical (unpaired) electrons. The summed E-state index contributed by atoms with van der Waals surface area (Å²) < 4.78 is 11.6. The van der Waals surface area contributed by atoms with Gasteiger partial charge in [0.1, 0.15) is 5.82 Å². The van der Waals surface area contributed by atoms with E-state index < -0.39 is 0 Å². The summed E-state index contributed by atoms with van der Waals surface area (Å²) in [4.78, 5) is 15.3. The Kier molecular flexibility index (Phi) is 6.52. The van der Waals surface area contributed by atoms with Gasteiger partial charge in [-0.25, -0.2) is 4.98 Å². The molecule has 4 N–H and O–H groups in total. The van der Waals surface area contributed by atoms with Crippen LogP contribution in [0.25, 0.3) is 0 Å². The molecule has 3 heterocycles. The zero-order valence-electron chi connectivity index (χ0n) is 20.1. The molecule has 0 aliphatic carbocycles. The van der Waals surface area contributed by atoms with Crippen molar-refractivity contribution in [2.45, 2.75) is 18.9 Å². The van der Waals surface area contributed by atoms with Crippen LogP contribution in [0.2, 0.25) is 5.02 Å². The van der Waals surface area contributed by atoms with E-state index in [2.05, 4.69) is 39.1 Å². The van der Waals surface area contributed by atoms with Gasteiger partial charge in [-0.15, -0.1) is 0 Å². The van der Waals surface area contributed by atoms with Gasteiger partial charge in [-0.05, 0) is 41.3 Å². The summed E-state index contributed by atoms with van der Waals surface area (Å²) >= 11 is 6.42. The highest BCUT2D eigenvalue weighted by Gasteiger charge is 2.34. The van der Waals surface area contributed by atoms with Gasteiger partial charge in [-0.3, -0.25) is 4.98 Å². The number of aromatic nitrogens is 3. The molecule has 1 aliphatic heterocycles. The molecule has 1 aliphatic rings. The van der Waals surface area contributed by atoms with Crippen LogP contribution >= 0.6 is 11.6 Å². The van der Waals surface area contributed by atoms with E-state index in [0.29, 0.717) is 28.8 Å². The molecule has 4 aromatic rings. The van der Waals surface area contributed by atoms with E-state index in [4.69, 9.17) is 37.5 Å². The van der Waals surface area contributed by atoms with Crippen LogP contribution in [0.15, 0.2) is 60.9 Å². The van der Waals surface area contributed by atoms with Crippen molar-refractivity contribution in [3.8, 4) is 11.5 Å². The van der Waals surface area contributed by atoms with Crippen molar-refractivity contribution in [1.82, 2.24) is 15.0 Å². The highest BCUT2D eigenvalue weighted by atomic mass is 35.5. The fourth-order valence-corrected chi connectivity index (χ4v) is 5.05. The van der Waals surface area contributed by atoms with Crippen LogP contribution in [-0.4, -0.2) is 35.7 Å². The molecule has 0 spiro atoms. The number of hydrogen-bond acceptors (Lipinski definition) is 8. The Balaban J connectivity index is 1.72. The van der Waals surface area contributed by atoms with Gasteiger partial charge >= 0.3 is 0 Å². The minimum Gasteiger partial charge on any atom is -0.493 e. The van der Waals surface area contributed by atoms with Gasteiger partial charge in [0, 0.05) is 35.9 Å². The number of nitrogens with two attached hydrogens (primary N) is 2. The second-order valence-electron chi connectivity index (χ2n) is 8.57. The number of hydrogen-bond donors (Lipinski definition) is 2. The number of halogens is 1. The van der Waals surface area contributed by atoms with Gasteiger partial charge in [0.2, 0.25) is 5.95 Å². The van der Waals surface area contributed by atoms with Crippen LogP contribution in [0.4, 0.5) is 17.5 Å². The van der Waals surface area contributed by atoms with Crippen molar-refractivity contribution in [1.29, 1.82) is 0 Å². The van der Waals surface area contributed by atoms with Crippen LogP contribution in [0.3, 0.4) is 0 Å². The smallest absolute Gasteiger partial charge is 0.221 e. The van der Waals surface area contributed by atoms with E-state index in [1.807, 2.05) is 18.2 Å². The number of pyridine rings is 1. The maximum atomic E-state index is 6.42. The number of methoxy groups -OCH3 is 2. The Morgan fingerprint density at radius 3 is 2.61 bits per heavy atom. The van der Waals surface area contributed by atoms with Gasteiger partial charge in [-0.2, -0.15) is 4.98 Å². The Hall–Kier alpha value is -4.04. The first-order chi connectivity index (χ1) is 17.5. The molecule has 2 aromatic heterocycles. The minimum atomic E-state index is -0.187. The maximum absolute atomic E-state index is 6.42. The van der Waals surface area contributed by atoms with Crippen molar-refractivity contribution in [3.63, 3.8) is 0 Å². The third-order valence-electron chi connectivity index (χ3n) is 6.49. The lowest BCUT2D eigenvalue weighted by molar-refractivity contribution is 0.354. The van der Waals surface area contributed by atoms with Gasteiger partial charge in [-0.1, -0.05) is 41.9 Å². The number of nitrogen functional groups attached to an aromatic ring is 2. The van der Waals surface area contributed by atoms with Crippen molar-refractivity contribution < 1.29 is 9.47 Å². The van der Waals surface area contributed by atoms with E-state index in [0.717, 1.165) is 35.5 Å². The van der Waals surface area contributed by atoms with Crippen LogP contribution < -0.4 is 25.8 Å². The Morgan fingerprint density at radius 1 is 1.03 bits per heavy atom. The van der Waals surface area contributed by atoms with Crippen LogP contribution in [-0.2, 0) is 12.8 Å². The zero-order chi connectivity index (χ0) is 25.2. The van der Waals surface area contributed by atoms with Crippen molar-refractivity contribution in [2.75, 3.05) is 37.1 Å². The van der Waals surface area contributed by atoms with Crippen LogP contribution in [0, 0.1) is 0 Å². The van der Waals surface area contributed by atoms with Gasteiger partial charge in [0.25, 0.3) is 0 Å². The number of fused-ring (bicyclic) bond motifs is 1. The number of nitrogens with zero attached hydrogens (tertiary/aromatic N) is 4. The SMILES string of the molecule is COc1ccc(Cc2cnc(N)nc2N)c(N2CCc3ccccc3C2c2cc(Cl)ccn2)c1OC. The lowest BCUT2D eigenvalue weighted by Crippen LogP contribution is -2.37. The molecule has 8 nitrogen and oxygen atoms in total. The number of benzene rings is 2. The molecular formula is C27H27ClN6O2. The summed E-state index contributed by atoms with van der Waals surface area (Å²) in [7, 11) is 3.28. The van der Waals surface area contributed by atoms with Crippen LogP contribution in [0.5, 0.6) is 11.5 Å². The molecule has 0 fully saturated rings. The van der Waals surface area contributed by atoms with Gasteiger partial charge in [0.05, 0.1) is 31.6 Å². The minimum absolute atomic E-state index is 0.142. The molecule has 5 rings (SSSR count). The Morgan fingerprint density at radius 2 is 1.86 bits per heavy atom. The molecule has 184 valence electrons. The van der Waals surface area contributed by atoms with Crippen molar-refractivity contribution in [2.24, 2.45) is 0 Å². The lowest BCUT2D eigenvalue weighted by atomic mass is 9.88. The zero-order valence-corrected chi connectivity index (χ0v) is 20.9. The van der Waals surface area contributed by atoms with E-state index in [1.54, 1.807) is 32.7 Å². The molecular weight excluding hydrogens is 476 g/mol. The normalized spacial score (nSPS) is 14.9. The molecule has 2 aromatic carbocycles. The monoisotopic (exact) mass is 502 g/mol. The number of rotatable bonds is 6. The summed E-state index contributed by atoms with van der Waals surface area (Å²) in [5.41, 5.74) is 17.9. The summed E-state index contributed by atoms with van der Waals surface area (Å²) in [5.74, 6) is 1.76. The van der Waals surface area contributed by atoms with E-state index in [9.17, 15) is 0 Å². The Labute approximate surface area is 214 Å². The maximum Gasteiger partial charge on any atom is 0.221 e. The lowest BCUT2D eigenvalue weighted by Gasteiger charge is -2.40. The van der Waals surface area contributed by atoms with Gasteiger partial charge in [0.15, 0.2) is 11.5 Å². The van der Waals surface area contributed by atoms with Crippen LogP contribution in [0.1, 0.15) is 34.0 Å². The van der Waals surface area contributed by atoms with E-state index >= 15 is 0 Å². The summed E-state index contributed by atoms with van der Waals surface area (Å²) in [6, 6.07) is 15.9. The first kappa shape index (κ1) is 23.7. The average molecular weight is 503 g/mol. The third kappa shape index (κ3) is 4.35. The highest BCUT2D eigenvalue weighted by molar-refractivity contribution is 6.30. The molecule has 1 unspecified atom stereocenters. The largest absolute Gasteiger partial charge is 0.493 e. The summed E-state index contributed by atoms with van der Waals surface area (Å²) in [5, 5.41) is 0.632. The Bertz CT molecular complexity index is 1410.